The number of rotatable bonds is 2. The molecule has 0 atom stereocenters. The zero-order chi connectivity index (χ0) is 10.1. The summed E-state index contributed by atoms with van der Waals surface area (Å²) in [7, 11) is 1.71. The Kier molecular flexibility index (Phi) is 2.98. The van der Waals surface area contributed by atoms with Crippen molar-refractivity contribution in [1.82, 2.24) is 0 Å². The quantitative estimate of drug-likeness (QED) is 0.696. The van der Waals surface area contributed by atoms with Crippen LogP contribution in [0.2, 0.25) is 0 Å². The van der Waals surface area contributed by atoms with Gasteiger partial charge in [0.05, 0.1) is 0 Å². The summed E-state index contributed by atoms with van der Waals surface area (Å²) in [6, 6.07) is 0. The van der Waals surface area contributed by atoms with E-state index in [1.165, 1.54) is 0 Å². The summed E-state index contributed by atoms with van der Waals surface area (Å²) >= 11 is 5.05. The second kappa shape index (κ2) is 3.54. The molecule has 0 heterocycles. The number of ether oxygens (including phenoxy) is 1. The van der Waals surface area contributed by atoms with E-state index in [1.54, 1.807) is 7.11 Å². The number of methoxy groups -OCH3 is 1. The van der Waals surface area contributed by atoms with Crippen LogP contribution in [0.25, 0.3) is 0 Å². The van der Waals surface area contributed by atoms with Crippen LogP contribution in [0.4, 0.5) is 0 Å². The Bertz CT molecular complexity index is 203. The van der Waals surface area contributed by atoms with Gasteiger partial charge in [0.1, 0.15) is 10.6 Å². The topological polar surface area (TPSA) is 35.2 Å². The third kappa shape index (κ3) is 2.20. The van der Waals surface area contributed by atoms with Crippen molar-refractivity contribution in [3.63, 3.8) is 0 Å². The predicted octanol–water partition coefficient (Wildman–Crippen LogP) is 2.26. The third-order valence-electron chi connectivity index (χ3n) is 3.25. The van der Waals surface area contributed by atoms with E-state index in [-0.39, 0.29) is 5.60 Å². The molecule has 1 aliphatic rings. The molecule has 2 N–H and O–H groups in total. The first kappa shape index (κ1) is 10.9. The van der Waals surface area contributed by atoms with E-state index in [2.05, 4.69) is 13.8 Å². The van der Waals surface area contributed by atoms with Crippen LogP contribution in [0.1, 0.15) is 39.5 Å². The molecule has 1 saturated carbocycles. The lowest BCUT2D eigenvalue weighted by molar-refractivity contribution is -0.00726. The van der Waals surface area contributed by atoms with Gasteiger partial charge in [0.2, 0.25) is 0 Å². The molecule has 0 radical (unpaired) electrons. The Morgan fingerprint density at radius 3 is 2.00 bits per heavy atom. The highest BCUT2D eigenvalue weighted by Crippen LogP contribution is 2.41. The van der Waals surface area contributed by atoms with Crippen molar-refractivity contribution < 1.29 is 4.74 Å². The molecule has 0 aromatic carbocycles. The van der Waals surface area contributed by atoms with Gasteiger partial charge in [-0.05, 0) is 31.1 Å². The SMILES string of the molecule is COC1(C(N)=S)CCC(C)(C)CC1. The summed E-state index contributed by atoms with van der Waals surface area (Å²) in [5, 5.41) is 0. The lowest BCUT2D eigenvalue weighted by Crippen LogP contribution is -2.48. The van der Waals surface area contributed by atoms with Crippen LogP contribution in [-0.4, -0.2) is 17.7 Å². The summed E-state index contributed by atoms with van der Waals surface area (Å²) in [5.74, 6) is 0. The Morgan fingerprint density at radius 2 is 1.69 bits per heavy atom. The third-order valence-corrected chi connectivity index (χ3v) is 3.62. The second-order valence-corrected chi connectivity index (χ2v) is 5.17. The number of nitrogens with two attached hydrogens (primary N) is 1. The van der Waals surface area contributed by atoms with Gasteiger partial charge in [0.15, 0.2) is 0 Å². The smallest absolute Gasteiger partial charge is 0.117 e. The standard InChI is InChI=1S/C10H19NOS/c1-9(2)4-6-10(12-3,7-5-9)8(11)13/h4-7H2,1-3H3,(H2,11,13). The Balaban J connectivity index is 2.69. The molecule has 2 nitrogen and oxygen atoms in total. The zero-order valence-corrected chi connectivity index (χ0v) is 9.54. The molecule has 76 valence electrons. The lowest BCUT2D eigenvalue weighted by atomic mass is 9.71. The highest BCUT2D eigenvalue weighted by molar-refractivity contribution is 7.80. The van der Waals surface area contributed by atoms with Gasteiger partial charge in [-0.3, -0.25) is 0 Å². The first-order valence-electron chi connectivity index (χ1n) is 4.77. The van der Waals surface area contributed by atoms with E-state index in [1.807, 2.05) is 0 Å². The van der Waals surface area contributed by atoms with Crippen molar-refractivity contribution in [2.45, 2.75) is 45.1 Å². The van der Waals surface area contributed by atoms with E-state index < -0.39 is 0 Å². The largest absolute Gasteiger partial charge is 0.391 e. The minimum Gasteiger partial charge on any atom is -0.391 e. The molecule has 3 heteroatoms. The average Bonchev–Trinajstić information content (AvgIpc) is 2.05. The second-order valence-electron chi connectivity index (χ2n) is 4.73. The first-order chi connectivity index (χ1) is 5.92. The van der Waals surface area contributed by atoms with Gasteiger partial charge in [-0.25, -0.2) is 0 Å². The van der Waals surface area contributed by atoms with E-state index in [4.69, 9.17) is 22.7 Å². The number of hydrogen-bond acceptors (Lipinski definition) is 2. The van der Waals surface area contributed by atoms with Crippen LogP contribution in [0.5, 0.6) is 0 Å². The lowest BCUT2D eigenvalue weighted by Gasteiger charge is -2.41. The van der Waals surface area contributed by atoms with Crippen molar-refractivity contribution >= 4 is 17.2 Å². The fraction of sp³-hybridized carbons (Fsp3) is 0.900. The number of hydrogen-bond donors (Lipinski definition) is 1. The fourth-order valence-corrected chi connectivity index (χ4v) is 2.17. The van der Waals surface area contributed by atoms with Crippen molar-refractivity contribution in [2.75, 3.05) is 7.11 Å². The zero-order valence-electron chi connectivity index (χ0n) is 8.72. The molecule has 0 aromatic rings. The van der Waals surface area contributed by atoms with Gasteiger partial charge in [0.25, 0.3) is 0 Å². The highest BCUT2D eigenvalue weighted by atomic mass is 32.1. The minimum absolute atomic E-state index is 0.315. The van der Waals surface area contributed by atoms with Crippen molar-refractivity contribution in [3.05, 3.63) is 0 Å². The molecule has 1 rings (SSSR count). The Hall–Kier alpha value is -0.150. The van der Waals surface area contributed by atoms with Crippen molar-refractivity contribution in [1.29, 1.82) is 0 Å². The van der Waals surface area contributed by atoms with Crippen LogP contribution < -0.4 is 5.73 Å². The monoisotopic (exact) mass is 201 g/mol. The van der Waals surface area contributed by atoms with Gasteiger partial charge in [-0.2, -0.15) is 0 Å². The van der Waals surface area contributed by atoms with E-state index >= 15 is 0 Å². The summed E-state index contributed by atoms with van der Waals surface area (Å²) in [5.41, 5.74) is 5.82. The molecule has 13 heavy (non-hydrogen) atoms. The maximum absolute atomic E-state index is 5.71. The van der Waals surface area contributed by atoms with Crippen LogP contribution in [-0.2, 0) is 4.74 Å². The molecule has 0 unspecified atom stereocenters. The van der Waals surface area contributed by atoms with Gasteiger partial charge in [-0.15, -0.1) is 0 Å². The van der Waals surface area contributed by atoms with Crippen LogP contribution in [0.3, 0.4) is 0 Å². The molecule has 1 aliphatic carbocycles. The Labute approximate surface area is 85.8 Å². The van der Waals surface area contributed by atoms with Crippen LogP contribution in [0, 0.1) is 5.41 Å². The molecule has 0 spiro atoms. The molecule has 1 fully saturated rings. The Morgan fingerprint density at radius 1 is 1.23 bits per heavy atom. The van der Waals surface area contributed by atoms with E-state index in [0.717, 1.165) is 25.7 Å². The van der Waals surface area contributed by atoms with Crippen LogP contribution in [0.15, 0.2) is 0 Å². The average molecular weight is 201 g/mol. The molecule has 0 aliphatic heterocycles. The molecular formula is C10H19NOS. The fourth-order valence-electron chi connectivity index (χ4n) is 1.88. The molecule has 0 saturated heterocycles. The molecular weight excluding hydrogens is 182 g/mol. The van der Waals surface area contributed by atoms with Gasteiger partial charge < -0.3 is 10.5 Å². The maximum Gasteiger partial charge on any atom is 0.117 e. The first-order valence-corrected chi connectivity index (χ1v) is 5.18. The minimum atomic E-state index is -0.315. The van der Waals surface area contributed by atoms with Crippen molar-refractivity contribution in [3.8, 4) is 0 Å². The molecule has 0 bridgehead atoms. The maximum atomic E-state index is 5.71. The van der Waals surface area contributed by atoms with Gasteiger partial charge in [0, 0.05) is 7.11 Å². The highest BCUT2D eigenvalue weighted by Gasteiger charge is 2.40. The molecule has 0 aromatic heterocycles. The number of thiocarbonyl (C=S) groups is 1. The summed E-state index contributed by atoms with van der Waals surface area (Å²) in [6.07, 6.45) is 4.20. The normalized spacial score (nSPS) is 25.5. The van der Waals surface area contributed by atoms with Gasteiger partial charge >= 0.3 is 0 Å². The van der Waals surface area contributed by atoms with Gasteiger partial charge in [-0.1, -0.05) is 26.1 Å². The van der Waals surface area contributed by atoms with Crippen molar-refractivity contribution in [2.24, 2.45) is 11.1 Å². The van der Waals surface area contributed by atoms with Crippen LogP contribution >= 0.6 is 12.2 Å². The predicted molar refractivity (Wildman–Crippen MR) is 58.8 cm³/mol. The van der Waals surface area contributed by atoms with E-state index in [0.29, 0.717) is 10.4 Å². The summed E-state index contributed by atoms with van der Waals surface area (Å²) in [6.45, 7) is 4.57. The summed E-state index contributed by atoms with van der Waals surface area (Å²) in [4.78, 5) is 0.519. The van der Waals surface area contributed by atoms with E-state index in [9.17, 15) is 0 Å². The summed E-state index contributed by atoms with van der Waals surface area (Å²) < 4.78 is 5.47. The molecule has 0 amide bonds.